The van der Waals surface area contributed by atoms with E-state index >= 15 is 0 Å². The molecular weight excluding hydrogens is 1340 g/mol. The van der Waals surface area contributed by atoms with Gasteiger partial charge in [0, 0.05) is 91.2 Å². The third-order valence-electron chi connectivity index (χ3n) is 23.6. The van der Waals surface area contributed by atoms with E-state index in [-0.39, 0.29) is 0 Å². The molecule has 0 atom stereocenters. The van der Waals surface area contributed by atoms with Gasteiger partial charge in [-0.15, -0.1) is 11.3 Å². The fraction of sp³-hybridized carbons (Fsp3) is 0. The highest BCUT2D eigenvalue weighted by molar-refractivity contribution is 7.26. The van der Waals surface area contributed by atoms with Gasteiger partial charge in [0.2, 0.25) is 11.9 Å². The Kier molecular flexibility index (Phi) is 11.0. The van der Waals surface area contributed by atoms with Crippen molar-refractivity contribution in [3.63, 3.8) is 0 Å². The van der Waals surface area contributed by atoms with Crippen LogP contribution in [0.2, 0.25) is 0 Å². The minimum atomic E-state index is 0.587. The average molecular weight is 1390 g/mol. The van der Waals surface area contributed by atoms with E-state index in [9.17, 15) is 0 Å². The van der Waals surface area contributed by atoms with Gasteiger partial charge < -0.3 is 13.2 Å². The normalized spacial score (nSPS) is 12.6. The van der Waals surface area contributed by atoms with Crippen LogP contribution in [0.1, 0.15) is 0 Å². The topological polar surface area (TPSA) is 83.4 Å². The van der Waals surface area contributed by atoms with Crippen molar-refractivity contribution in [2.75, 3.05) is 0 Å². The van der Waals surface area contributed by atoms with Crippen molar-refractivity contribution in [2.45, 2.75) is 0 Å². The van der Waals surface area contributed by atoms with Crippen molar-refractivity contribution in [1.82, 2.24) is 37.9 Å². The van der Waals surface area contributed by atoms with Crippen LogP contribution in [-0.2, 0) is 0 Å². The molecule has 496 valence electrons. The number of hydrogen-bond acceptors (Lipinski definition) is 6. The lowest BCUT2D eigenvalue weighted by Gasteiger charge is -2.11. The van der Waals surface area contributed by atoms with E-state index in [1.807, 2.05) is 12.1 Å². The summed E-state index contributed by atoms with van der Waals surface area (Å²) >= 11 is 1.77. The van der Waals surface area contributed by atoms with Gasteiger partial charge in [0.1, 0.15) is 16.8 Å². The van der Waals surface area contributed by atoms with E-state index in [1.54, 1.807) is 11.3 Å². The summed E-state index contributed by atoms with van der Waals surface area (Å²) in [6, 6.07) is 115. The zero-order chi connectivity index (χ0) is 69.9. The Labute approximate surface area is 616 Å². The Bertz CT molecular complexity index is 8520. The third kappa shape index (κ3) is 7.56. The second kappa shape index (κ2) is 20.8. The fourth-order valence-corrected chi connectivity index (χ4v) is 20.0. The van der Waals surface area contributed by atoms with Crippen LogP contribution in [0.15, 0.2) is 320 Å². The molecule has 0 amide bonds. The van der Waals surface area contributed by atoms with Crippen molar-refractivity contribution in [3.05, 3.63) is 315 Å². The highest BCUT2D eigenvalue weighted by Gasteiger charge is 2.30. The average Bonchev–Trinajstić information content (AvgIpc) is 1.52. The van der Waals surface area contributed by atoms with Gasteiger partial charge in [0.25, 0.3) is 0 Å². The molecule has 9 nitrogen and oxygen atoms in total. The Morgan fingerprint density at radius 3 is 1.38 bits per heavy atom. The minimum absolute atomic E-state index is 0.587. The SMILES string of the molecule is c1cc(-c2ccc(-c3nc(-n4c5ccccc5c5c6c7cc8ccccc8cc7n7c8ccccc8c(cc54)c67)nc4c3sc3ccccc34)cc2)cc(-c2ccc3cc4c(cc3c2)c2c3c5ccccc5n(-c5nc(-c6ccc7ccccc7c6)c6oc7ccccc7c6n5)c3cc3c5ccccc5n4c32)c1. The first kappa shape index (κ1) is 57.1. The summed E-state index contributed by atoms with van der Waals surface area (Å²) in [6.07, 6.45) is 0. The highest BCUT2D eigenvalue weighted by atomic mass is 32.1. The number of thiophene rings is 1. The number of nitrogens with zero attached hydrogens (tertiary/aromatic N) is 8. The molecule has 0 fully saturated rings. The molecule has 10 heterocycles. The lowest BCUT2D eigenvalue weighted by molar-refractivity contribution is 0.666. The van der Waals surface area contributed by atoms with Crippen molar-refractivity contribution in [3.8, 4) is 56.7 Å². The summed E-state index contributed by atoms with van der Waals surface area (Å²) in [5.74, 6) is 1.23. The van der Waals surface area contributed by atoms with Gasteiger partial charge in [0.05, 0.1) is 71.1 Å². The highest BCUT2D eigenvalue weighted by Crippen LogP contribution is 2.51. The number of hydrogen-bond donors (Lipinski definition) is 0. The smallest absolute Gasteiger partial charge is 0.236 e. The van der Waals surface area contributed by atoms with E-state index < -0.39 is 0 Å². The van der Waals surface area contributed by atoms with E-state index in [0.717, 1.165) is 110 Å². The van der Waals surface area contributed by atoms with E-state index in [0.29, 0.717) is 17.5 Å². The molecule has 0 bridgehead atoms. The minimum Gasteiger partial charge on any atom is -0.452 e. The van der Waals surface area contributed by atoms with Crippen LogP contribution in [0.25, 0.3) is 251 Å². The predicted octanol–water partition coefficient (Wildman–Crippen LogP) is 26.2. The molecule has 16 aromatic carbocycles. The summed E-state index contributed by atoms with van der Waals surface area (Å²) < 4.78 is 18.6. The zero-order valence-corrected chi connectivity index (χ0v) is 58.2. The summed E-state index contributed by atoms with van der Waals surface area (Å²) in [5.41, 5.74) is 22.8. The molecule has 0 unspecified atom stereocenters. The second-order valence-electron chi connectivity index (χ2n) is 29.2. The number of fused-ring (bicyclic) bond motifs is 29. The Hall–Kier alpha value is -14.3. The lowest BCUT2D eigenvalue weighted by atomic mass is 9.95. The number of benzene rings is 16. The molecule has 0 saturated carbocycles. The molecule has 0 aliphatic carbocycles. The quantitative estimate of drug-likeness (QED) is 0.166. The summed E-state index contributed by atoms with van der Waals surface area (Å²) in [5, 5.41) is 23.6. The Morgan fingerprint density at radius 1 is 0.250 bits per heavy atom. The van der Waals surface area contributed by atoms with Crippen LogP contribution < -0.4 is 0 Å². The summed E-state index contributed by atoms with van der Waals surface area (Å²) in [7, 11) is 0. The molecule has 0 radical (unpaired) electrons. The molecule has 108 heavy (non-hydrogen) atoms. The largest absolute Gasteiger partial charge is 0.452 e. The number of furan rings is 1. The Balaban J connectivity index is 0.620. The first-order valence-corrected chi connectivity index (χ1v) is 37.6. The maximum absolute atomic E-state index is 6.73. The number of para-hydroxylation sites is 5. The van der Waals surface area contributed by atoms with Gasteiger partial charge in [-0.1, -0.05) is 218 Å². The molecule has 10 heteroatoms. The molecule has 26 rings (SSSR count). The number of aromatic nitrogens is 8. The standard InChI is InChI=1S/C98H52N8OS/c1-2-19-56-45-63(43-38-53(56)18-1)89-95-91(69-28-9-15-34-83(69)107-95)101-97(99-89)105-77-32-13-7-26-67(77)86-81(105)51-72-66-25-6-12-31-76(66)104-80-50-62-42-41-61(46-64(62)48-74(80)88(86)94(72)104)58-23-17-22-57(44-58)54-36-39-55(40-37-54)90-96-92(70-29-10-16-35-84(70)108-96)102-98(100-90)106-78-33-14-8-27-68(78)85-82(106)52-71-65-24-5-11-30-75(65)103-79-49-60-21-4-3-20-59(60)47-73(79)87(85)93(71)103/h1-52H. The van der Waals surface area contributed by atoms with E-state index in [1.165, 1.54) is 124 Å². The van der Waals surface area contributed by atoms with Gasteiger partial charge in [-0.05, 0) is 152 Å². The first-order chi connectivity index (χ1) is 53.5. The molecule has 0 N–H and O–H groups in total. The van der Waals surface area contributed by atoms with Gasteiger partial charge in [0.15, 0.2) is 5.58 Å². The van der Waals surface area contributed by atoms with Crippen LogP contribution in [0.4, 0.5) is 0 Å². The monoisotopic (exact) mass is 1390 g/mol. The van der Waals surface area contributed by atoms with Gasteiger partial charge >= 0.3 is 0 Å². The van der Waals surface area contributed by atoms with Crippen molar-refractivity contribution < 1.29 is 4.42 Å². The van der Waals surface area contributed by atoms with Crippen molar-refractivity contribution >= 4 is 206 Å². The van der Waals surface area contributed by atoms with Crippen molar-refractivity contribution in [2.24, 2.45) is 0 Å². The van der Waals surface area contributed by atoms with E-state index in [4.69, 9.17) is 24.4 Å². The first-order valence-electron chi connectivity index (χ1n) is 36.7. The lowest BCUT2D eigenvalue weighted by Crippen LogP contribution is -2.03. The molecule has 10 aromatic heterocycles. The zero-order valence-electron chi connectivity index (χ0n) is 57.4. The van der Waals surface area contributed by atoms with Gasteiger partial charge in [-0.3, -0.25) is 9.13 Å². The Morgan fingerprint density at radius 2 is 0.713 bits per heavy atom. The fourth-order valence-electron chi connectivity index (χ4n) is 18.8. The molecule has 0 aliphatic heterocycles. The predicted molar refractivity (Wildman–Crippen MR) is 450 cm³/mol. The number of rotatable bonds is 6. The van der Waals surface area contributed by atoms with Crippen LogP contribution in [0.3, 0.4) is 0 Å². The molecule has 0 saturated heterocycles. The third-order valence-corrected chi connectivity index (χ3v) is 24.7. The maximum atomic E-state index is 6.73. The van der Waals surface area contributed by atoms with Crippen LogP contribution in [0.5, 0.6) is 0 Å². The van der Waals surface area contributed by atoms with Crippen LogP contribution in [0, 0.1) is 0 Å². The molecule has 26 aromatic rings. The summed E-state index contributed by atoms with van der Waals surface area (Å²) in [6.45, 7) is 0. The molecular formula is C98H52N8OS. The van der Waals surface area contributed by atoms with Crippen LogP contribution in [-0.4, -0.2) is 37.9 Å². The van der Waals surface area contributed by atoms with E-state index in [2.05, 4.69) is 321 Å². The second-order valence-corrected chi connectivity index (χ2v) is 30.2. The summed E-state index contributed by atoms with van der Waals surface area (Å²) in [4.78, 5) is 22.5. The van der Waals surface area contributed by atoms with Crippen LogP contribution >= 0.6 is 11.3 Å². The molecule has 0 aliphatic rings. The van der Waals surface area contributed by atoms with Gasteiger partial charge in [-0.2, -0.15) is 0 Å². The molecule has 0 spiro atoms. The van der Waals surface area contributed by atoms with Gasteiger partial charge in [-0.25, -0.2) is 19.9 Å². The maximum Gasteiger partial charge on any atom is 0.236 e. The van der Waals surface area contributed by atoms with Crippen molar-refractivity contribution in [1.29, 1.82) is 0 Å².